The second kappa shape index (κ2) is 4.89. The molecule has 0 heterocycles. The van der Waals surface area contributed by atoms with Crippen LogP contribution in [0.1, 0.15) is 59.3 Å². The molecule has 3 rings (SSSR count). The lowest BCUT2D eigenvalue weighted by Crippen LogP contribution is -2.61. The van der Waals surface area contributed by atoms with E-state index in [0.29, 0.717) is 0 Å². The Labute approximate surface area is 115 Å². The van der Waals surface area contributed by atoms with E-state index in [-0.39, 0.29) is 29.6 Å². The number of rotatable bonds is 1. The number of halogens is 1. The summed E-state index contributed by atoms with van der Waals surface area (Å²) < 4.78 is 5.33. The van der Waals surface area contributed by atoms with Crippen LogP contribution in [0.3, 0.4) is 0 Å². The SMILES string of the molecule is CC(C)(C)OC(=O)NC12CCC(N)(CC1)CC2.Cl. The number of hydrogen-bond acceptors (Lipinski definition) is 3. The number of fused-ring (bicyclic) bond motifs is 3. The van der Waals surface area contributed by atoms with Gasteiger partial charge >= 0.3 is 6.09 Å². The third kappa shape index (κ3) is 3.51. The van der Waals surface area contributed by atoms with Crippen LogP contribution in [-0.2, 0) is 4.74 Å². The molecule has 3 aliphatic rings. The van der Waals surface area contributed by atoms with Crippen molar-refractivity contribution in [2.24, 2.45) is 5.73 Å². The van der Waals surface area contributed by atoms with Crippen LogP contribution >= 0.6 is 12.4 Å². The van der Waals surface area contributed by atoms with Gasteiger partial charge in [0, 0.05) is 11.1 Å². The summed E-state index contributed by atoms with van der Waals surface area (Å²) in [4.78, 5) is 11.8. The number of alkyl carbamates (subject to hydrolysis) is 1. The van der Waals surface area contributed by atoms with Crippen LogP contribution < -0.4 is 11.1 Å². The van der Waals surface area contributed by atoms with Crippen LogP contribution in [0.2, 0.25) is 0 Å². The van der Waals surface area contributed by atoms with Crippen molar-refractivity contribution in [1.29, 1.82) is 0 Å². The minimum absolute atomic E-state index is 0. The van der Waals surface area contributed by atoms with Crippen molar-refractivity contribution in [2.45, 2.75) is 76.0 Å². The van der Waals surface area contributed by atoms with E-state index in [1.807, 2.05) is 20.8 Å². The molecular weight excluding hydrogens is 252 g/mol. The van der Waals surface area contributed by atoms with Gasteiger partial charge in [-0.25, -0.2) is 4.79 Å². The standard InChI is InChI=1S/C13H24N2O2.ClH/c1-11(2,3)17-10(16)15-13-7-4-12(14,5-8-13)6-9-13;/h4-9,14H2,1-3H3,(H,15,16);1H. The van der Waals surface area contributed by atoms with Crippen LogP contribution in [0.25, 0.3) is 0 Å². The van der Waals surface area contributed by atoms with E-state index in [1.54, 1.807) is 0 Å². The molecule has 3 N–H and O–H groups in total. The molecule has 0 unspecified atom stereocenters. The summed E-state index contributed by atoms with van der Waals surface area (Å²) in [6.07, 6.45) is 5.73. The summed E-state index contributed by atoms with van der Waals surface area (Å²) in [6.45, 7) is 5.66. The molecular formula is C13H25ClN2O2. The molecule has 2 bridgehead atoms. The topological polar surface area (TPSA) is 64.3 Å². The highest BCUT2D eigenvalue weighted by atomic mass is 35.5. The highest BCUT2D eigenvalue weighted by molar-refractivity contribution is 5.85. The van der Waals surface area contributed by atoms with Gasteiger partial charge in [-0.2, -0.15) is 0 Å². The molecule has 106 valence electrons. The van der Waals surface area contributed by atoms with Crippen molar-refractivity contribution in [1.82, 2.24) is 5.32 Å². The maximum atomic E-state index is 11.8. The number of amides is 1. The number of carbonyl (C=O) groups excluding carboxylic acids is 1. The maximum Gasteiger partial charge on any atom is 0.408 e. The number of nitrogens with one attached hydrogen (secondary N) is 1. The summed E-state index contributed by atoms with van der Waals surface area (Å²) in [5.41, 5.74) is 5.80. The number of carbonyl (C=O) groups is 1. The normalized spacial score (nSPS) is 34.7. The molecule has 0 aromatic rings. The first-order valence-electron chi connectivity index (χ1n) is 6.52. The van der Waals surface area contributed by atoms with Crippen LogP contribution in [0, 0.1) is 0 Å². The Kier molecular flexibility index (Phi) is 4.23. The minimum Gasteiger partial charge on any atom is -0.444 e. The molecule has 3 fully saturated rings. The van der Waals surface area contributed by atoms with Gasteiger partial charge in [-0.1, -0.05) is 0 Å². The van der Waals surface area contributed by atoms with Gasteiger partial charge in [0.25, 0.3) is 0 Å². The Morgan fingerprint density at radius 2 is 1.56 bits per heavy atom. The second-order valence-electron chi connectivity index (χ2n) is 6.77. The van der Waals surface area contributed by atoms with Crippen LogP contribution in [-0.4, -0.2) is 22.8 Å². The van der Waals surface area contributed by atoms with Gasteiger partial charge < -0.3 is 15.8 Å². The zero-order chi connectivity index (χ0) is 12.7. The van der Waals surface area contributed by atoms with E-state index in [2.05, 4.69) is 5.32 Å². The van der Waals surface area contributed by atoms with Crippen molar-refractivity contribution < 1.29 is 9.53 Å². The fourth-order valence-corrected chi connectivity index (χ4v) is 2.92. The van der Waals surface area contributed by atoms with E-state index in [1.165, 1.54) is 0 Å². The third-order valence-electron chi connectivity index (χ3n) is 4.07. The summed E-state index contributed by atoms with van der Waals surface area (Å²) in [5, 5.41) is 3.08. The molecule has 1 amide bonds. The highest BCUT2D eigenvalue weighted by Gasteiger charge is 2.47. The quantitative estimate of drug-likeness (QED) is 0.774. The summed E-state index contributed by atoms with van der Waals surface area (Å²) in [5.74, 6) is 0. The van der Waals surface area contributed by atoms with E-state index in [9.17, 15) is 4.79 Å². The molecule has 5 heteroatoms. The van der Waals surface area contributed by atoms with Crippen molar-refractivity contribution in [3.05, 3.63) is 0 Å². The average Bonchev–Trinajstić information content (AvgIpc) is 2.17. The van der Waals surface area contributed by atoms with Gasteiger partial charge in [0.2, 0.25) is 0 Å². The van der Waals surface area contributed by atoms with Gasteiger partial charge in [-0.3, -0.25) is 0 Å². The Hall–Kier alpha value is -0.480. The average molecular weight is 277 g/mol. The number of ether oxygens (including phenoxy) is 1. The fraction of sp³-hybridized carbons (Fsp3) is 0.923. The van der Waals surface area contributed by atoms with Gasteiger partial charge in [0.15, 0.2) is 0 Å². The van der Waals surface area contributed by atoms with Crippen LogP contribution in [0.4, 0.5) is 4.79 Å². The molecule has 3 saturated carbocycles. The molecule has 4 nitrogen and oxygen atoms in total. The Balaban J connectivity index is 0.00000162. The summed E-state index contributed by atoms with van der Waals surface area (Å²) in [6, 6.07) is 0. The molecule has 0 aliphatic heterocycles. The van der Waals surface area contributed by atoms with Crippen molar-refractivity contribution in [2.75, 3.05) is 0 Å². The summed E-state index contributed by atoms with van der Waals surface area (Å²) >= 11 is 0. The third-order valence-corrected chi connectivity index (χ3v) is 4.07. The van der Waals surface area contributed by atoms with Crippen LogP contribution in [0.5, 0.6) is 0 Å². The summed E-state index contributed by atoms with van der Waals surface area (Å²) in [7, 11) is 0. The van der Waals surface area contributed by atoms with E-state index >= 15 is 0 Å². The lowest BCUT2D eigenvalue weighted by Gasteiger charge is -2.51. The first-order chi connectivity index (χ1) is 7.72. The van der Waals surface area contributed by atoms with Crippen molar-refractivity contribution in [3.8, 4) is 0 Å². The Morgan fingerprint density at radius 1 is 1.11 bits per heavy atom. The van der Waals surface area contributed by atoms with Gasteiger partial charge in [0.05, 0.1) is 0 Å². The molecule has 18 heavy (non-hydrogen) atoms. The highest BCUT2D eigenvalue weighted by Crippen LogP contribution is 2.45. The number of hydrogen-bond donors (Lipinski definition) is 2. The molecule has 0 spiro atoms. The molecule has 0 saturated heterocycles. The first kappa shape index (κ1) is 15.6. The zero-order valence-electron chi connectivity index (χ0n) is 11.5. The molecule has 0 aromatic heterocycles. The minimum atomic E-state index is -0.429. The molecule has 0 radical (unpaired) electrons. The van der Waals surface area contributed by atoms with Crippen molar-refractivity contribution >= 4 is 18.5 Å². The first-order valence-corrected chi connectivity index (χ1v) is 6.52. The van der Waals surface area contributed by atoms with Crippen molar-refractivity contribution in [3.63, 3.8) is 0 Å². The largest absolute Gasteiger partial charge is 0.444 e. The second-order valence-corrected chi connectivity index (χ2v) is 6.77. The molecule has 3 aliphatic carbocycles. The van der Waals surface area contributed by atoms with Gasteiger partial charge in [0.1, 0.15) is 5.60 Å². The molecule has 0 atom stereocenters. The Morgan fingerprint density at radius 3 is 1.94 bits per heavy atom. The van der Waals surface area contributed by atoms with E-state index < -0.39 is 5.60 Å². The van der Waals surface area contributed by atoms with Gasteiger partial charge in [-0.15, -0.1) is 12.4 Å². The monoisotopic (exact) mass is 276 g/mol. The van der Waals surface area contributed by atoms with E-state index in [4.69, 9.17) is 10.5 Å². The number of nitrogens with two attached hydrogens (primary N) is 1. The van der Waals surface area contributed by atoms with E-state index in [0.717, 1.165) is 38.5 Å². The smallest absolute Gasteiger partial charge is 0.408 e. The lowest BCUT2D eigenvalue weighted by atomic mass is 9.62. The zero-order valence-corrected chi connectivity index (χ0v) is 12.4. The Bertz CT molecular complexity index is 301. The lowest BCUT2D eigenvalue weighted by molar-refractivity contribution is 0.0272. The fourth-order valence-electron chi connectivity index (χ4n) is 2.92. The predicted octanol–water partition coefficient (Wildman–Crippen LogP) is 2.74. The van der Waals surface area contributed by atoms with Crippen LogP contribution in [0.15, 0.2) is 0 Å². The molecule has 0 aromatic carbocycles. The maximum absolute atomic E-state index is 11.8. The predicted molar refractivity (Wildman–Crippen MR) is 74.0 cm³/mol. The van der Waals surface area contributed by atoms with Gasteiger partial charge in [-0.05, 0) is 59.3 Å².